The van der Waals surface area contributed by atoms with E-state index in [1.807, 2.05) is 0 Å². The van der Waals surface area contributed by atoms with Crippen molar-refractivity contribution in [3.63, 3.8) is 0 Å². The predicted molar refractivity (Wildman–Crippen MR) is 49.0 cm³/mol. The predicted octanol–water partition coefficient (Wildman–Crippen LogP) is 3.21. The molecular weight excluding hydrogens is 203 g/mol. The topological polar surface area (TPSA) is 17.1 Å². The summed E-state index contributed by atoms with van der Waals surface area (Å²) in [7, 11) is 0. The van der Waals surface area contributed by atoms with Gasteiger partial charge < -0.3 is 0 Å². The van der Waals surface area contributed by atoms with Gasteiger partial charge in [-0.25, -0.2) is 0 Å². The average molecular weight is 209 g/mol. The molecule has 0 saturated heterocycles. The highest BCUT2D eigenvalue weighted by Crippen LogP contribution is 2.23. The highest BCUT2D eigenvalue weighted by Gasteiger charge is 2.13. The molecular formula is C7H6Cl2OS. The van der Waals surface area contributed by atoms with Crippen LogP contribution in [0.25, 0.3) is 0 Å². The van der Waals surface area contributed by atoms with Crippen LogP contribution in [0.15, 0.2) is 12.1 Å². The van der Waals surface area contributed by atoms with Gasteiger partial charge in [0.15, 0.2) is 5.78 Å². The lowest BCUT2D eigenvalue weighted by molar-refractivity contribution is 0.0995. The van der Waals surface area contributed by atoms with Crippen LogP contribution in [0, 0.1) is 0 Å². The van der Waals surface area contributed by atoms with Gasteiger partial charge in [0.2, 0.25) is 0 Å². The highest BCUT2D eigenvalue weighted by atomic mass is 35.5. The molecule has 1 atom stereocenters. The normalized spacial score (nSPS) is 13.0. The number of Topliss-reactive ketones (excluding diaryl/α,β-unsaturated/α-hetero) is 1. The summed E-state index contributed by atoms with van der Waals surface area (Å²) < 4.78 is 0.616. The van der Waals surface area contributed by atoms with Crippen LogP contribution in [0.3, 0.4) is 0 Å². The number of halogens is 2. The number of alkyl halides is 1. The molecule has 0 bridgehead atoms. The van der Waals surface area contributed by atoms with Crippen molar-refractivity contribution in [2.45, 2.75) is 12.3 Å². The quantitative estimate of drug-likeness (QED) is 0.539. The largest absolute Gasteiger partial charge is 0.292 e. The van der Waals surface area contributed by atoms with Crippen molar-refractivity contribution in [2.75, 3.05) is 0 Å². The minimum Gasteiger partial charge on any atom is -0.292 e. The first-order chi connectivity index (χ1) is 5.11. The summed E-state index contributed by atoms with van der Waals surface area (Å²) in [6, 6.07) is 3.38. The van der Waals surface area contributed by atoms with Crippen molar-refractivity contribution in [1.29, 1.82) is 0 Å². The van der Waals surface area contributed by atoms with Crippen LogP contribution in [-0.2, 0) is 0 Å². The molecule has 0 spiro atoms. The van der Waals surface area contributed by atoms with Crippen molar-refractivity contribution >= 4 is 40.3 Å². The Balaban J connectivity index is 2.85. The maximum atomic E-state index is 11.2. The van der Waals surface area contributed by atoms with Crippen LogP contribution in [-0.4, -0.2) is 11.2 Å². The van der Waals surface area contributed by atoms with Gasteiger partial charge in [0, 0.05) is 0 Å². The Bertz CT molecular complexity index is 267. The molecule has 0 aromatic carbocycles. The number of carbonyl (C=O) groups excluding carboxylic acids is 1. The lowest BCUT2D eigenvalue weighted by Gasteiger charge is -1.96. The molecule has 1 nitrogen and oxygen atoms in total. The monoisotopic (exact) mass is 208 g/mol. The van der Waals surface area contributed by atoms with Crippen molar-refractivity contribution < 1.29 is 4.79 Å². The molecule has 60 valence electrons. The zero-order valence-electron chi connectivity index (χ0n) is 5.80. The molecule has 0 aliphatic heterocycles. The van der Waals surface area contributed by atoms with Gasteiger partial charge in [-0.2, -0.15) is 0 Å². The van der Waals surface area contributed by atoms with Crippen LogP contribution in [0.4, 0.5) is 0 Å². The number of thiophene rings is 1. The van der Waals surface area contributed by atoms with E-state index in [-0.39, 0.29) is 5.78 Å². The Morgan fingerprint density at radius 3 is 2.64 bits per heavy atom. The molecule has 0 N–H and O–H groups in total. The fourth-order valence-corrected chi connectivity index (χ4v) is 1.90. The summed E-state index contributed by atoms with van der Waals surface area (Å²) >= 11 is 12.5. The molecule has 1 rings (SSSR count). The van der Waals surface area contributed by atoms with Crippen LogP contribution >= 0.6 is 34.5 Å². The smallest absolute Gasteiger partial charge is 0.190 e. The van der Waals surface area contributed by atoms with E-state index in [0.29, 0.717) is 9.21 Å². The number of hydrogen-bond acceptors (Lipinski definition) is 2. The van der Waals surface area contributed by atoms with E-state index in [0.717, 1.165) is 0 Å². The first-order valence-electron chi connectivity index (χ1n) is 3.05. The van der Waals surface area contributed by atoms with E-state index in [1.54, 1.807) is 19.1 Å². The molecule has 1 aromatic rings. The van der Waals surface area contributed by atoms with Gasteiger partial charge in [-0.15, -0.1) is 22.9 Å². The van der Waals surface area contributed by atoms with Crippen molar-refractivity contribution in [2.24, 2.45) is 0 Å². The van der Waals surface area contributed by atoms with Gasteiger partial charge in [0.05, 0.1) is 14.6 Å². The van der Waals surface area contributed by atoms with Crippen LogP contribution in [0.5, 0.6) is 0 Å². The van der Waals surface area contributed by atoms with Crippen LogP contribution < -0.4 is 0 Å². The van der Waals surface area contributed by atoms with Crippen molar-refractivity contribution in [3.8, 4) is 0 Å². The minimum absolute atomic E-state index is 0.0661. The van der Waals surface area contributed by atoms with Gasteiger partial charge in [-0.05, 0) is 19.1 Å². The highest BCUT2D eigenvalue weighted by molar-refractivity contribution is 7.18. The van der Waals surface area contributed by atoms with Gasteiger partial charge in [-0.3, -0.25) is 4.79 Å². The summed E-state index contributed by atoms with van der Waals surface area (Å²) in [5, 5.41) is -0.468. The molecule has 0 unspecified atom stereocenters. The summed E-state index contributed by atoms with van der Waals surface area (Å²) in [6.45, 7) is 1.65. The molecule has 0 radical (unpaired) electrons. The molecule has 0 amide bonds. The van der Waals surface area contributed by atoms with Crippen LogP contribution in [0.2, 0.25) is 4.34 Å². The molecule has 0 aliphatic carbocycles. The maximum Gasteiger partial charge on any atom is 0.190 e. The Morgan fingerprint density at radius 1 is 1.64 bits per heavy atom. The standard InChI is InChI=1S/C7H6Cl2OS/c1-4(8)7(10)5-2-3-6(9)11-5/h2-4H,1H3/t4-/m1/s1. The summed E-state index contributed by atoms with van der Waals surface area (Å²) in [5.74, 6) is -0.0661. The van der Waals surface area contributed by atoms with Gasteiger partial charge >= 0.3 is 0 Å². The minimum atomic E-state index is -0.468. The Morgan fingerprint density at radius 2 is 2.27 bits per heavy atom. The van der Waals surface area contributed by atoms with Gasteiger partial charge in [0.1, 0.15) is 0 Å². The van der Waals surface area contributed by atoms with E-state index in [4.69, 9.17) is 23.2 Å². The SMILES string of the molecule is C[C@@H](Cl)C(=O)c1ccc(Cl)s1. The van der Waals surface area contributed by atoms with E-state index < -0.39 is 5.38 Å². The molecule has 1 heterocycles. The second-order valence-electron chi connectivity index (χ2n) is 2.08. The lowest BCUT2D eigenvalue weighted by Crippen LogP contribution is -2.07. The molecule has 0 fully saturated rings. The third-order valence-electron chi connectivity index (χ3n) is 1.18. The number of rotatable bonds is 2. The molecule has 0 saturated carbocycles. The van der Waals surface area contributed by atoms with E-state index in [1.165, 1.54) is 11.3 Å². The number of carbonyl (C=O) groups is 1. The van der Waals surface area contributed by atoms with E-state index in [9.17, 15) is 4.79 Å². The molecule has 11 heavy (non-hydrogen) atoms. The number of ketones is 1. The summed E-state index contributed by atoms with van der Waals surface area (Å²) in [6.07, 6.45) is 0. The van der Waals surface area contributed by atoms with Crippen LogP contribution in [0.1, 0.15) is 16.6 Å². The molecule has 0 aliphatic rings. The van der Waals surface area contributed by atoms with Gasteiger partial charge in [-0.1, -0.05) is 11.6 Å². The third kappa shape index (κ3) is 2.19. The summed E-state index contributed by atoms with van der Waals surface area (Å²) in [5.41, 5.74) is 0. The first kappa shape index (κ1) is 9.04. The molecule has 4 heteroatoms. The first-order valence-corrected chi connectivity index (χ1v) is 4.68. The summed E-state index contributed by atoms with van der Waals surface area (Å²) in [4.78, 5) is 11.8. The lowest BCUT2D eigenvalue weighted by atomic mass is 10.2. The molecule has 1 aromatic heterocycles. The third-order valence-corrected chi connectivity index (χ3v) is 2.62. The van der Waals surface area contributed by atoms with Crippen molar-refractivity contribution in [3.05, 3.63) is 21.3 Å². The van der Waals surface area contributed by atoms with Gasteiger partial charge in [0.25, 0.3) is 0 Å². The zero-order chi connectivity index (χ0) is 8.43. The Labute approximate surface area is 78.9 Å². The second kappa shape index (κ2) is 3.57. The van der Waals surface area contributed by atoms with E-state index >= 15 is 0 Å². The fraction of sp³-hybridized carbons (Fsp3) is 0.286. The second-order valence-corrected chi connectivity index (χ2v) is 4.45. The number of hydrogen-bond donors (Lipinski definition) is 0. The maximum absolute atomic E-state index is 11.2. The zero-order valence-corrected chi connectivity index (χ0v) is 8.13. The average Bonchev–Trinajstić information content (AvgIpc) is 2.34. The Hall–Kier alpha value is -0.0500. The Kier molecular flexibility index (Phi) is 2.93. The van der Waals surface area contributed by atoms with E-state index in [2.05, 4.69) is 0 Å². The van der Waals surface area contributed by atoms with Crippen molar-refractivity contribution in [1.82, 2.24) is 0 Å². The fourth-order valence-electron chi connectivity index (χ4n) is 0.643.